The minimum Gasteiger partial charge on any atom is -0.497 e. The van der Waals surface area contributed by atoms with Gasteiger partial charge < -0.3 is 9.84 Å². The molecular formula is C24H17BrO2. The summed E-state index contributed by atoms with van der Waals surface area (Å²) in [4.78, 5) is 0. The molecule has 1 aliphatic carbocycles. The van der Waals surface area contributed by atoms with Gasteiger partial charge in [0.1, 0.15) is 11.9 Å². The van der Waals surface area contributed by atoms with Crippen LogP contribution in [-0.2, 0) is 0 Å². The summed E-state index contributed by atoms with van der Waals surface area (Å²) in [5, 5.41) is 13.3. The minimum absolute atomic E-state index is 0.596. The molecule has 27 heavy (non-hydrogen) atoms. The van der Waals surface area contributed by atoms with Gasteiger partial charge in [-0.05, 0) is 74.5 Å². The van der Waals surface area contributed by atoms with E-state index in [9.17, 15) is 5.11 Å². The lowest BCUT2D eigenvalue weighted by atomic mass is 9.89. The second kappa shape index (κ2) is 6.22. The van der Waals surface area contributed by atoms with Crippen molar-refractivity contribution in [2.75, 3.05) is 7.11 Å². The van der Waals surface area contributed by atoms with Crippen molar-refractivity contribution in [2.24, 2.45) is 0 Å². The lowest BCUT2D eigenvalue weighted by Gasteiger charge is -2.16. The average molecular weight is 417 g/mol. The number of fused-ring (bicyclic) bond motifs is 4. The fourth-order valence-corrected chi connectivity index (χ4v) is 4.44. The van der Waals surface area contributed by atoms with Crippen LogP contribution in [0.3, 0.4) is 0 Å². The summed E-state index contributed by atoms with van der Waals surface area (Å²) in [7, 11) is 1.67. The van der Waals surface area contributed by atoms with Crippen molar-refractivity contribution in [3.8, 4) is 28.0 Å². The molecule has 1 N–H and O–H groups in total. The van der Waals surface area contributed by atoms with Crippen LogP contribution in [0.1, 0.15) is 17.2 Å². The molecule has 0 aliphatic heterocycles. The second-order valence-electron chi connectivity index (χ2n) is 6.80. The van der Waals surface area contributed by atoms with E-state index in [0.29, 0.717) is 0 Å². The van der Waals surface area contributed by atoms with Crippen LogP contribution in [0.25, 0.3) is 33.0 Å². The van der Waals surface area contributed by atoms with E-state index in [0.717, 1.165) is 54.4 Å². The third-order valence-electron chi connectivity index (χ3n) is 5.33. The molecule has 0 radical (unpaired) electrons. The zero-order valence-corrected chi connectivity index (χ0v) is 16.3. The Morgan fingerprint density at radius 2 is 1.63 bits per heavy atom. The fourth-order valence-electron chi connectivity index (χ4n) is 4.08. The van der Waals surface area contributed by atoms with Crippen molar-refractivity contribution in [1.29, 1.82) is 0 Å². The molecule has 0 saturated carbocycles. The van der Waals surface area contributed by atoms with Crippen molar-refractivity contribution >= 4 is 26.7 Å². The fraction of sp³-hybridized carbons (Fsp3) is 0.0833. The Hall–Kier alpha value is -2.62. The molecule has 2 nitrogen and oxygen atoms in total. The summed E-state index contributed by atoms with van der Waals surface area (Å²) in [6.45, 7) is 0. The summed E-state index contributed by atoms with van der Waals surface area (Å²) in [6, 6.07) is 24.7. The Bertz CT molecular complexity index is 1180. The molecule has 0 aromatic heterocycles. The van der Waals surface area contributed by atoms with Gasteiger partial charge in [-0.2, -0.15) is 0 Å². The smallest absolute Gasteiger partial charge is 0.118 e. The van der Waals surface area contributed by atoms with Crippen LogP contribution >= 0.6 is 15.9 Å². The number of benzene rings is 4. The summed E-state index contributed by atoms with van der Waals surface area (Å²) in [6.07, 6.45) is -0.596. The van der Waals surface area contributed by atoms with E-state index < -0.39 is 6.10 Å². The maximum Gasteiger partial charge on any atom is 0.118 e. The third kappa shape index (κ3) is 2.50. The Morgan fingerprint density at radius 3 is 2.41 bits per heavy atom. The molecule has 5 rings (SSSR count). The number of aliphatic hydroxyl groups excluding tert-OH is 1. The zero-order valence-electron chi connectivity index (χ0n) is 14.7. The third-order valence-corrected chi connectivity index (χ3v) is 5.83. The van der Waals surface area contributed by atoms with E-state index in [1.807, 2.05) is 36.4 Å². The molecule has 0 heterocycles. The Balaban J connectivity index is 1.91. The van der Waals surface area contributed by atoms with Gasteiger partial charge in [0.25, 0.3) is 0 Å². The first kappa shape index (κ1) is 16.5. The molecule has 1 atom stereocenters. The Morgan fingerprint density at radius 1 is 0.852 bits per heavy atom. The van der Waals surface area contributed by atoms with Crippen LogP contribution in [0.15, 0.2) is 77.3 Å². The number of methoxy groups -OCH3 is 1. The standard InChI is InChI=1S/C24H17BrO2/c1-27-17-10-7-14(8-11-17)22-20-13-16(25)9-6-15(20)12-21-23(22)18-4-2-3-5-19(18)24(21)26/h2-13,24,26H,1H3. The van der Waals surface area contributed by atoms with E-state index in [-0.39, 0.29) is 0 Å². The van der Waals surface area contributed by atoms with Gasteiger partial charge in [-0.15, -0.1) is 0 Å². The molecule has 1 aliphatic rings. The van der Waals surface area contributed by atoms with Crippen LogP contribution < -0.4 is 4.74 Å². The van der Waals surface area contributed by atoms with E-state index in [1.54, 1.807) is 7.11 Å². The van der Waals surface area contributed by atoms with Crippen molar-refractivity contribution in [3.05, 3.63) is 88.4 Å². The molecule has 1 unspecified atom stereocenters. The second-order valence-corrected chi connectivity index (χ2v) is 7.72. The van der Waals surface area contributed by atoms with E-state index >= 15 is 0 Å². The first-order chi connectivity index (χ1) is 13.2. The number of halogens is 1. The van der Waals surface area contributed by atoms with Crippen LogP contribution in [0.5, 0.6) is 5.75 Å². The van der Waals surface area contributed by atoms with Gasteiger partial charge in [0.05, 0.1) is 7.11 Å². The SMILES string of the molecule is COc1ccc(-c2c3c(cc4ccc(Br)cc24)C(O)c2ccccc2-3)cc1. The molecule has 0 saturated heterocycles. The van der Waals surface area contributed by atoms with Crippen LogP contribution in [-0.4, -0.2) is 12.2 Å². The highest BCUT2D eigenvalue weighted by molar-refractivity contribution is 9.10. The summed E-state index contributed by atoms with van der Waals surface area (Å²) >= 11 is 3.62. The molecule has 0 spiro atoms. The lowest BCUT2D eigenvalue weighted by molar-refractivity contribution is 0.225. The van der Waals surface area contributed by atoms with Gasteiger partial charge >= 0.3 is 0 Å². The van der Waals surface area contributed by atoms with Gasteiger partial charge in [-0.3, -0.25) is 0 Å². The first-order valence-corrected chi connectivity index (χ1v) is 9.64. The molecule has 0 fully saturated rings. The van der Waals surface area contributed by atoms with Crippen LogP contribution in [0, 0.1) is 0 Å². The highest BCUT2D eigenvalue weighted by Gasteiger charge is 2.30. The monoisotopic (exact) mass is 416 g/mol. The summed E-state index contributed by atoms with van der Waals surface area (Å²) in [5.74, 6) is 0.831. The number of ether oxygens (including phenoxy) is 1. The van der Waals surface area contributed by atoms with E-state index in [4.69, 9.17) is 4.74 Å². The molecule has 132 valence electrons. The lowest BCUT2D eigenvalue weighted by Crippen LogP contribution is -1.95. The number of hydrogen-bond donors (Lipinski definition) is 1. The molecular weight excluding hydrogens is 400 g/mol. The molecule has 0 bridgehead atoms. The van der Waals surface area contributed by atoms with Crippen LogP contribution in [0.4, 0.5) is 0 Å². The number of hydrogen-bond acceptors (Lipinski definition) is 2. The Labute approximate surface area is 166 Å². The Kier molecular flexibility index (Phi) is 3.81. The van der Waals surface area contributed by atoms with Gasteiger partial charge in [0, 0.05) is 4.47 Å². The van der Waals surface area contributed by atoms with E-state index in [2.05, 4.69) is 52.3 Å². The molecule has 4 aromatic carbocycles. The van der Waals surface area contributed by atoms with Crippen LogP contribution in [0.2, 0.25) is 0 Å². The number of rotatable bonds is 2. The molecule has 3 heteroatoms. The number of aliphatic hydroxyl groups is 1. The van der Waals surface area contributed by atoms with Gasteiger partial charge in [-0.1, -0.05) is 58.4 Å². The van der Waals surface area contributed by atoms with E-state index in [1.165, 1.54) is 0 Å². The normalized spacial score (nSPS) is 14.9. The predicted molar refractivity (Wildman–Crippen MR) is 113 cm³/mol. The van der Waals surface area contributed by atoms with Gasteiger partial charge in [0.2, 0.25) is 0 Å². The van der Waals surface area contributed by atoms with Crippen molar-refractivity contribution in [3.63, 3.8) is 0 Å². The van der Waals surface area contributed by atoms with Gasteiger partial charge in [0.15, 0.2) is 0 Å². The molecule has 0 amide bonds. The largest absolute Gasteiger partial charge is 0.497 e. The first-order valence-electron chi connectivity index (χ1n) is 8.85. The summed E-state index contributed by atoms with van der Waals surface area (Å²) < 4.78 is 6.37. The van der Waals surface area contributed by atoms with Gasteiger partial charge in [-0.25, -0.2) is 0 Å². The maximum atomic E-state index is 11.0. The quantitative estimate of drug-likeness (QED) is 0.413. The minimum atomic E-state index is -0.596. The average Bonchev–Trinajstić information content (AvgIpc) is 2.99. The maximum absolute atomic E-state index is 11.0. The highest BCUT2D eigenvalue weighted by Crippen LogP contribution is 2.51. The zero-order chi connectivity index (χ0) is 18.5. The van der Waals surface area contributed by atoms with Crippen molar-refractivity contribution in [1.82, 2.24) is 0 Å². The topological polar surface area (TPSA) is 29.5 Å². The van der Waals surface area contributed by atoms with Crippen molar-refractivity contribution in [2.45, 2.75) is 6.10 Å². The molecule has 4 aromatic rings. The predicted octanol–water partition coefficient (Wildman–Crippen LogP) is 6.34. The van der Waals surface area contributed by atoms with Crippen molar-refractivity contribution < 1.29 is 9.84 Å². The summed E-state index contributed by atoms with van der Waals surface area (Å²) in [5.41, 5.74) is 6.42. The highest BCUT2D eigenvalue weighted by atomic mass is 79.9.